The van der Waals surface area contributed by atoms with Crippen molar-refractivity contribution in [2.45, 2.75) is 36.7 Å². The van der Waals surface area contributed by atoms with Crippen LogP contribution >= 0.6 is 23.4 Å². The molecule has 0 saturated carbocycles. The number of thioether (sulfide) groups is 1. The number of hydrogen-bond donors (Lipinski definition) is 1. The minimum absolute atomic E-state index is 0.0802. The van der Waals surface area contributed by atoms with Gasteiger partial charge < -0.3 is 5.32 Å². The first-order valence-electron chi connectivity index (χ1n) is 9.38. The molecular formula is C19H23ClN4O3S2. The fourth-order valence-corrected chi connectivity index (χ4v) is 5.44. The maximum Gasteiger partial charge on any atom is 0.275 e. The Bertz CT molecular complexity index is 983. The molecule has 7 nitrogen and oxygen atoms in total. The van der Waals surface area contributed by atoms with Crippen molar-refractivity contribution < 1.29 is 13.2 Å². The molecule has 1 aromatic carbocycles. The van der Waals surface area contributed by atoms with E-state index in [1.165, 1.54) is 34.4 Å². The highest BCUT2D eigenvalue weighted by atomic mass is 35.5. The lowest BCUT2D eigenvalue weighted by Gasteiger charge is -2.30. The zero-order valence-electron chi connectivity index (χ0n) is 16.3. The van der Waals surface area contributed by atoms with Gasteiger partial charge in [-0.15, -0.1) is 0 Å². The topological polar surface area (TPSA) is 92.3 Å². The fourth-order valence-electron chi connectivity index (χ4n) is 3.12. The van der Waals surface area contributed by atoms with Gasteiger partial charge in [-0.25, -0.2) is 18.4 Å². The Morgan fingerprint density at radius 2 is 2.07 bits per heavy atom. The van der Waals surface area contributed by atoms with Gasteiger partial charge in [0.15, 0.2) is 10.9 Å². The number of amides is 1. The lowest BCUT2D eigenvalue weighted by atomic mass is 10.0. The molecule has 1 atom stereocenters. The molecule has 1 fully saturated rings. The summed E-state index contributed by atoms with van der Waals surface area (Å²) in [6.07, 6.45) is 3.31. The lowest BCUT2D eigenvalue weighted by Crippen LogP contribution is -2.39. The van der Waals surface area contributed by atoms with Crippen molar-refractivity contribution in [2.24, 2.45) is 5.92 Å². The molecule has 0 unspecified atom stereocenters. The van der Waals surface area contributed by atoms with Crippen molar-refractivity contribution in [1.82, 2.24) is 14.3 Å². The molecule has 1 saturated heterocycles. The second-order valence-corrected chi connectivity index (χ2v) is 10.4. The van der Waals surface area contributed by atoms with Crippen LogP contribution in [0.5, 0.6) is 0 Å². The number of carbonyl (C=O) groups is 1. The van der Waals surface area contributed by atoms with E-state index in [9.17, 15) is 13.2 Å². The van der Waals surface area contributed by atoms with Crippen LogP contribution in [0, 0.1) is 5.92 Å². The number of benzene rings is 1. The maximum absolute atomic E-state index is 12.8. The van der Waals surface area contributed by atoms with Crippen LogP contribution < -0.4 is 5.32 Å². The van der Waals surface area contributed by atoms with E-state index < -0.39 is 15.9 Å². The molecule has 10 heteroatoms. The summed E-state index contributed by atoms with van der Waals surface area (Å²) < 4.78 is 27.2. The highest BCUT2D eigenvalue weighted by Gasteiger charge is 2.28. The fraction of sp³-hybridized carbons (Fsp3) is 0.421. The van der Waals surface area contributed by atoms with Gasteiger partial charge in [0.2, 0.25) is 10.0 Å². The third-order valence-corrected chi connectivity index (χ3v) is 7.48. The molecule has 0 aliphatic carbocycles. The van der Waals surface area contributed by atoms with E-state index in [4.69, 9.17) is 11.6 Å². The molecule has 29 heavy (non-hydrogen) atoms. The molecule has 1 amide bonds. The van der Waals surface area contributed by atoms with Crippen molar-refractivity contribution in [1.29, 1.82) is 0 Å². The molecule has 0 spiro atoms. The minimum atomic E-state index is -3.53. The van der Waals surface area contributed by atoms with Gasteiger partial charge in [-0.1, -0.05) is 37.2 Å². The van der Waals surface area contributed by atoms with Crippen molar-refractivity contribution in [3.05, 3.63) is 41.2 Å². The summed E-state index contributed by atoms with van der Waals surface area (Å²) in [5.74, 6) is 0.648. The Hall–Kier alpha value is -1.68. The Kier molecular flexibility index (Phi) is 7.15. The van der Waals surface area contributed by atoms with E-state index in [2.05, 4.69) is 22.2 Å². The summed E-state index contributed by atoms with van der Waals surface area (Å²) in [6, 6.07) is 6.14. The zero-order chi connectivity index (χ0) is 21.0. The number of hydrogen-bond acceptors (Lipinski definition) is 6. The second kappa shape index (κ2) is 9.42. The number of piperidine rings is 1. The summed E-state index contributed by atoms with van der Waals surface area (Å²) in [4.78, 5) is 21.0. The summed E-state index contributed by atoms with van der Waals surface area (Å²) in [6.45, 7) is 5.09. The van der Waals surface area contributed by atoms with Gasteiger partial charge in [0.25, 0.3) is 5.91 Å². The SMILES string of the molecule is CCSc1ncc(Cl)c(C(=O)Nc2ccc(S(=O)(=O)N3CCC[C@@H](C)C3)cc2)n1. The zero-order valence-corrected chi connectivity index (χ0v) is 18.6. The number of halogens is 1. The van der Waals surface area contributed by atoms with Crippen molar-refractivity contribution >= 4 is 45.0 Å². The number of rotatable bonds is 6. The first-order chi connectivity index (χ1) is 13.8. The predicted molar refractivity (Wildman–Crippen MR) is 115 cm³/mol. The Labute approximate surface area is 180 Å². The third kappa shape index (κ3) is 5.28. The average molecular weight is 455 g/mol. The molecule has 2 aromatic rings. The number of nitrogens with zero attached hydrogens (tertiary/aromatic N) is 3. The van der Waals surface area contributed by atoms with Crippen LogP contribution in [0.3, 0.4) is 0 Å². The first kappa shape index (κ1) is 22.0. The molecule has 1 aliphatic heterocycles. The first-order valence-corrected chi connectivity index (χ1v) is 12.2. The van der Waals surface area contributed by atoms with Gasteiger partial charge >= 0.3 is 0 Å². The molecule has 2 heterocycles. The largest absolute Gasteiger partial charge is 0.321 e. The Morgan fingerprint density at radius 1 is 1.34 bits per heavy atom. The molecule has 0 bridgehead atoms. The van der Waals surface area contributed by atoms with Crippen LogP contribution in [0.15, 0.2) is 40.5 Å². The van der Waals surface area contributed by atoms with Gasteiger partial charge in [-0.2, -0.15) is 4.31 Å². The molecule has 3 rings (SSSR count). The molecule has 1 aromatic heterocycles. The number of sulfonamides is 1. The van der Waals surface area contributed by atoms with E-state index >= 15 is 0 Å². The van der Waals surface area contributed by atoms with Crippen molar-refractivity contribution in [3.8, 4) is 0 Å². The smallest absolute Gasteiger partial charge is 0.275 e. The van der Waals surface area contributed by atoms with E-state index in [1.54, 1.807) is 12.1 Å². The van der Waals surface area contributed by atoms with E-state index in [0.717, 1.165) is 18.6 Å². The van der Waals surface area contributed by atoms with Gasteiger partial charge in [0.1, 0.15) is 0 Å². The normalized spacial score (nSPS) is 17.8. The lowest BCUT2D eigenvalue weighted by molar-refractivity contribution is 0.102. The van der Waals surface area contributed by atoms with Crippen LogP contribution in [0.25, 0.3) is 0 Å². The minimum Gasteiger partial charge on any atom is -0.321 e. The molecule has 156 valence electrons. The van der Waals surface area contributed by atoms with E-state index in [0.29, 0.717) is 29.9 Å². The number of anilines is 1. The van der Waals surface area contributed by atoms with Crippen LogP contribution in [0.1, 0.15) is 37.2 Å². The molecular weight excluding hydrogens is 432 g/mol. The number of carbonyl (C=O) groups excluding carboxylic acids is 1. The monoisotopic (exact) mass is 454 g/mol. The van der Waals surface area contributed by atoms with Gasteiger partial charge in [0, 0.05) is 18.8 Å². The molecule has 0 radical (unpaired) electrons. The van der Waals surface area contributed by atoms with E-state index in [1.807, 2.05) is 6.92 Å². The van der Waals surface area contributed by atoms with Gasteiger partial charge in [-0.05, 0) is 48.8 Å². The van der Waals surface area contributed by atoms with Crippen LogP contribution in [-0.4, -0.2) is 47.4 Å². The average Bonchev–Trinajstić information content (AvgIpc) is 2.70. The number of nitrogens with one attached hydrogen (secondary N) is 1. The highest BCUT2D eigenvalue weighted by molar-refractivity contribution is 7.99. The molecule has 1 N–H and O–H groups in total. The summed E-state index contributed by atoms with van der Waals surface area (Å²) >= 11 is 7.47. The van der Waals surface area contributed by atoms with Crippen LogP contribution in [0.4, 0.5) is 5.69 Å². The standard InChI is InChI=1S/C19H23ClN4O3S2/c1-3-28-19-21-11-16(20)17(23-19)18(25)22-14-6-8-15(9-7-14)29(26,27)24-10-4-5-13(2)12-24/h6-9,11,13H,3-5,10,12H2,1-2H3,(H,22,25)/t13-/m1/s1. The molecule has 1 aliphatic rings. The second-order valence-electron chi connectivity index (χ2n) is 6.87. The van der Waals surface area contributed by atoms with Crippen molar-refractivity contribution in [3.63, 3.8) is 0 Å². The number of aromatic nitrogens is 2. The highest BCUT2D eigenvalue weighted by Crippen LogP contribution is 2.25. The summed E-state index contributed by atoms with van der Waals surface area (Å²) in [7, 11) is -3.53. The Balaban J connectivity index is 1.74. The van der Waals surface area contributed by atoms with Crippen molar-refractivity contribution in [2.75, 3.05) is 24.2 Å². The van der Waals surface area contributed by atoms with E-state index in [-0.39, 0.29) is 15.6 Å². The van der Waals surface area contributed by atoms with Gasteiger partial charge in [0.05, 0.1) is 16.1 Å². The third-order valence-electron chi connectivity index (χ3n) is 4.58. The van der Waals surface area contributed by atoms with Crippen LogP contribution in [0.2, 0.25) is 5.02 Å². The quantitative estimate of drug-likeness (QED) is 0.525. The Morgan fingerprint density at radius 3 is 2.72 bits per heavy atom. The van der Waals surface area contributed by atoms with Gasteiger partial charge in [-0.3, -0.25) is 4.79 Å². The predicted octanol–water partition coefficient (Wildman–Crippen LogP) is 3.91. The van der Waals surface area contributed by atoms with Crippen LogP contribution in [-0.2, 0) is 10.0 Å². The summed E-state index contributed by atoms with van der Waals surface area (Å²) in [5.41, 5.74) is 0.539. The summed E-state index contributed by atoms with van der Waals surface area (Å²) in [5, 5.41) is 3.33. The maximum atomic E-state index is 12.8.